The highest BCUT2D eigenvalue weighted by Crippen LogP contribution is 2.22. The number of rotatable bonds is 8. The highest BCUT2D eigenvalue weighted by Gasteiger charge is 2.32. The summed E-state index contributed by atoms with van der Waals surface area (Å²) in [6.45, 7) is 3.37. The molecule has 0 aliphatic carbocycles. The number of hydrogen-bond donors (Lipinski definition) is 1. The van der Waals surface area contributed by atoms with E-state index in [1.54, 1.807) is 20.4 Å². The van der Waals surface area contributed by atoms with E-state index in [9.17, 15) is 0 Å². The van der Waals surface area contributed by atoms with Crippen molar-refractivity contribution in [3.8, 4) is 0 Å². The van der Waals surface area contributed by atoms with Crippen molar-refractivity contribution >= 4 is 0 Å². The van der Waals surface area contributed by atoms with Crippen LogP contribution in [0.1, 0.15) is 19.2 Å². The topological polar surface area (TPSA) is 65.5 Å². The van der Waals surface area contributed by atoms with Gasteiger partial charge in [-0.15, -0.1) is 0 Å². The van der Waals surface area contributed by atoms with Gasteiger partial charge in [0.1, 0.15) is 5.82 Å². The van der Waals surface area contributed by atoms with Gasteiger partial charge < -0.3 is 19.8 Å². The molecule has 1 aromatic rings. The molecule has 0 fully saturated rings. The molecule has 19 heavy (non-hydrogen) atoms. The number of aryl methyl sites for hydroxylation is 1. The molecule has 0 radical (unpaired) electrons. The number of nitrogens with zero attached hydrogens (tertiary/aromatic N) is 3. The lowest BCUT2D eigenvalue weighted by molar-refractivity contribution is -0.127. The van der Waals surface area contributed by atoms with Crippen LogP contribution < -0.4 is 5.73 Å². The Balaban J connectivity index is 2.74. The molecule has 1 atom stereocenters. The van der Waals surface area contributed by atoms with E-state index in [-0.39, 0.29) is 11.8 Å². The van der Waals surface area contributed by atoms with Crippen LogP contribution in [0, 0.1) is 0 Å². The molecule has 110 valence electrons. The number of imidazole rings is 1. The summed E-state index contributed by atoms with van der Waals surface area (Å²) >= 11 is 0. The Morgan fingerprint density at radius 1 is 1.47 bits per heavy atom. The van der Waals surface area contributed by atoms with E-state index in [2.05, 4.69) is 16.8 Å². The highest BCUT2D eigenvalue weighted by atomic mass is 16.7. The Morgan fingerprint density at radius 3 is 2.53 bits per heavy atom. The zero-order valence-corrected chi connectivity index (χ0v) is 12.6. The third-order valence-electron chi connectivity index (χ3n) is 3.79. The van der Waals surface area contributed by atoms with Crippen molar-refractivity contribution in [1.82, 2.24) is 14.5 Å². The lowest BCUT2D eigenvalue weighted by Crippen LogP contribution is -2.51. The first-order valence-electron chi connectivity index (χ1n) is 6.40. The van der Waals surface area contributed by atoms with E-state index in [0.29, 0.717) is 13.0 Å². The smallest absolute Gasteiger partial charge is 0.158 e. The molecule has 0 amide bonds. The Morgan fingerprint density at radius 2 is 2.11 bits per heavy atom. The lowest BCUT2D eigenvalue weighted by Gasteiger charge is -2.39. The minimum atomic E-state index is -0.252. The van der Waals surface area contributed by atoms with Gasteiger partial charge >= 0.3 is 0 Å². The zero-order valence-electron chi connectivity index (χ0n) is 12.6. The minimum absolute atomic E-state index is 0.206. The van der Waals surface area contributed by atoms with E-state index in [4.69, 9.17) is 15.2 Å². The normalized spacial score (nSPS) is 15.2. The van der Waals surface area contributed by atoms with Crippen LogP contribution in [0.15, 0.2) is 12.4 Å². The molecule has 0 bridgehead atoms. The van der Waals surface area contributed by atoms with Crippen LogP contribution in [0.4, 0.5) is 0 Å². The van der Waals surface area contributed by atoms with Gasteiger partial charge in [-0.25, -0.2) is 4.98 Å². The summed E-state index contributed by atoms with van der Waals surface area (Å²) in [6.07, 6.45) is 4.20. The maximum atomic E-state index is 5.95. The van der Waals surface area contributed by atoms with Crippen LogP contribution in [0.3, 0.4) is 0 Å². The molecule has 1 aromatic heterocycles. The van der Waals surface area contributed by atoms with Crippen molar-refractivity contribution in [1.29, 1.82) is 0 Å². The van der Waals surface area contributed by atoms with E-state index >= 15 is 0 Å². The van der Waals surface area contributed by atoms with Crippen LogP contribution in [0.25, 0.3) is 0 Å². The van der Waals surface area contributed by atoms with Gasteiger partial charge in [-0.05, 0) is 14.0 Å². The van der Waals surface area contributed by atoms with Crippen molar-refractivity contribution in [2.75, 3.05) is 27.8 Å². The van der Waals surface area contributed by atoms with E-state index < -0.39 is 0 Å². The SMILES string of the molecule is COC(CC(C)(CN)N(C)Cc1nccn1C)OC. The number of methoxy groups -OCH3 is 2. The summed E-state index contributed by atoms with van der Waals surface area (Å²) in [7, 11) is 7.32. The van der Waals surface area contributed by atoms with E-state index in [0.717, 1.165) is 12.4 Å². The Hall–Kier alpha value is -0.950. The van der Waals surface area contributed by atoms with Gasteiger partial charge in [-0.3, -0.25) is 4.90 Å². The van der Waals surface area contributed by atoms with Crippen molar-refractivity contribution in [3.63, 3.8) is 0 Å². The van der Waals surface area contributed by atoms with Crippen LogP contribution in [-0.4, -0.2) is 54.1 Å². The summed E-state index contributed by atoms with van der Waals surface area (Å²) in [5.74, 6) is 1.01. The molecule has 6 nitrogen and oxygen atoms in total. The number of likely N-dealkylation sites (N-methyl/N-ethyl adjacent to an activating group) is 1. The third-order valence-corrected chi connectivity index (χ3v) is 3.79. The van der Waals surface area contributed by atoms with Gasteiger partial charge in [-0.1, -0.05) is 0 Å². The van der Waals surface area contributed by atoms with Gasteiger partial charge in [0, 0.05) is 52.2 Å². The molecule has 0 saturated heterocycles. The van der Waals surface area contributed by atoms with Crippen molar-refractivity contribution in [3.05, 3.63) is 18.2 Å². The van der Waals surface area contributed by atoms with Crippen molar-refractivity contribution < 1.29 is 9.47 Å². The first-order chi connectivity index (χ1) is 8.96. The Kier molecular flexibility index (Phi) is 5.93. The maximum absolute atomic E-state index is 5.95. The largest absolute Gasteiger partial charge is 0.356 e. The average Bonchev–Trinajstić information content (AvgIpc) is 2.81. The monoisotopic (exact) mass is 270 g/mol. The Labute approximate surface area is 115 Å². The van der Waals surface area contributed by atoms with E-state index in [1.807, 2.05) is 24.9 Å². The predicted molar refractivity (Wildman–Crippen MR) is 74.6 cm³/mol. The van der Waals surface area contributed by atoms with Crippen LogP contribution in [0.2, 0.25) is 0 Å². The predicted octanol–water partition coefficient (Wildman–Crippen LogP) is 0.578. The molecule has 0 spiro atoms. The summed E-state index contributed by atoms with van der Waals surface area (Å²) in [4.78, 5) is 6.54. The van der Waals surface area contributed by atoms with Crippen LogP contribution >= 0.6 is 0 Å². The van der Waals surface area contributed by atoms with Gasteiger partial charge in [-0.2, -0.15) is 0 Å². The molecular weight excluding hydrogens is 244 g/mol. The third kappa shape index (κ3) is 4.01. The molecule has 0 aliphatic rings. The van der Waals surface area contributed by atoms with Gasteiger partial charge in [0.15, 0.2) is 6.29 Å². The first kappa shape index (κ1) is 16.1. The lowest BCUT2D eigenvalue weighted by atomic mass is 9.95. The second kappa shape index (κ2) is 7.00. The fraction of sp³-hybridized carbons (Fsp3) is 0.769. The quantitative estimate of drug-likeness (QED) is 0.700. The number of aromatic nitrogens is 2. The average molecular weight is 270 g/mol. The van der Waals surface area contributed by atoms with Gasteiger partial charge in [0.2, 0.25) is 0 Å². The molecule has 0 saturated carbocycles. The Bertz CT molecular complexity index is 378. The summed E-state index contributed by atoms with van der Waals surface area (Å²) < 4.78 is 12.6. The second-order valence-corrected chi connectivity index (χ2v) is 5.12. The van der Waals surface area contributed by atoms with Crippen LogP contribution in [-0.2, 0) is 23.1 Å². The summed E-state index contributed by atoms with van der Waals surface area (Å²) in [6, 6.07) is 0. The highest BCUT2D eigenvalue weighted by molar-refractivity contribution is 4.95. The molecule has 1 heterocycles. The van der Waals surface area contributed by atoms with E-state index in [1.165, 1.54) is 0 Å². The molecule has 2 N–H and O–H groups in total. The first-order valence-corrected chi connectivity index (χ1v) is 6.40. The molecule has 0 aromatic carbocycles. The maximum Gasteiger partial charge on any atom is 0.158 e. The number of nitrogens with two attached hydrogens (primary N) is 1. The zero-order chi connectivity index (χ0) is 14.5. The van der Waals surface area contributed by atoms with Gasteiger partial charge in [0.05, 0.1) is 6.54 Å². The van der Waals surface area contributed by atoms with Crippen molar-refractivity contribution in [2.45, 2.75) is 31.7 Å². The summed E-state index contributed by atoms with van der Waals surface area (Å²) in [5, 5.41) is 0. The van der Waals surface area contributed by atoms with Crippen LogP contribution in [0.5, 0.6) is 0 Å². The second-order valence-electron chi connectivity index (χ2n) is 5.12. The standard InChI is InChI=1S/C13H26N4O2/c1-13(10-14,8-12(18-4)19-5)17(3)9-11-15-6-7-16(11)2/h6-7,12H,8-10,14H2,1-5H3. The van der Waals surface area contributed by atoms with Crippen molar-refractivity contribution in [2.24, 2.45) is 12.8 Å². The summed E-state index contributed by atoms with van der Waals surface area (Å²) in [5.41, 5.74) is 5.75. The molecule has 6 heteroatoms. The number of ether oxygens (including phenoxy) is 2. The van der Waals surface area contributed by atoms with Gasteiger partial charge in [0.25, 0.3) is 0 Å². The molecule has 1 unspecified atom stereocenters. The fourth-order valence-electron chi connectivity index (χ4n) is 1.97. The molecule has 0 aliphatic heterocycles. The number of hydrogen-bond acceptors (Lipinski definition) is 5. The fourth-order valence-corrected chi connectivity index (χ4v) is 1.97. The molecular formula is C13H26N4O2. The minimum Gasteiger partial charge on any atom is -0.356 e. The molecule has 1 rings (SSSR count).